The number of benzene rings is 1. The van der Waals surface area contributed by atoms with Gasteiger partial charge in [0.15, 0.2) is 5.69 Å². The molecule has 0 spiro atoms. The summed E-state index contributed by atoms with van der Waals surface area (Å²) in [7, 11) is 0. The maximum absolute atomic E-state index is 13.4. The molecule has 0 amide bonds. The highest BCUT2D eigenvalue weighted by Gasteiger charge is 2.19. The van der Waals surface area contributed by atoms with E-state index in [0.29, 0.717) is 11.3 Å². The Morgan fingerprint density at radius 2 is 2.23 bits per heavy atom. The van der Waals surface area contributed by atoms with Gasteiger partial charge in [0.2, 0.25) is 0 Å². The lowest BCUT2D eigenvalue weighted by atomic mass is 10.0. The minimum absolute atomic E-state index is 0.0212. The van der Waals surface area contributed by atoms with E-state index in [2.05, 4.69) is 20.1 Å². The number of carboxylic acids is 1. The fourth-order valence-corrected chi connectivity index (χ4v) is 2.20. The van der Waals surface area contributed by atoms with Gasteiger partial charge in [-0.1, -0.05) is 22.4 Å². The van der Waals surface area contributed by atoms with Crippen LogP contribution in [0.1, 0.15) is 28.9 Å². The summed E-state index contributed by atoms with van der Waals surface area (Å²) < 4.78 is 23.4. The third-order valence-corrected chi connectivity index (χ3v) is 3.67. The van der Waals surface area contributed by atoms with Gasteiger partial charge in [0.05, 0.1) is 6.61 Å². The molecular formula is C16H19FN4O5. The number of aromatic nitrogens is 2. The fraction of sp³-hybridized carbons (Fsp3) is 0.375. The van der Waals surface area contributed by atoms with Crippen molar-refractivity contribution in [3.05, 3.63) is 46.5 Å². The number of rotatable bonds is 9. The van der Waals surface area contributed by atoms with Gasteiger partial charge >= 0.3 is 5.97 Å². The molecule has 9 nitrogen and oxygen atoms in total. The summed E-state index contributed by atoms with van der Waals surface area (Å²) in [5.74, 6) is -1.44. The second-order valence-corrected chi connectivity index (χ2v) is 5.65. The summed E-state index contributed by atoms with van der Waals surface area (Å²) >= 11 is 0. The van der Waals surface area contributed by atoms with Gasteiger partial charge in [0, 0.05) is 13.0 Å². The molecule has 1 unspecified atom stereocenters. The van der Waals surface area contributed by atoms with E-state index in [1.54, 1.807) is 19.1 Å². The topological polar surface area (TPSA) is 144 Å². The van der Waals surface area contributed by atoms with Crippen LogP contribution >= 0.6 is 0 Å². The van der Waals surface area contributed by atoms with Crippen LogP contribution in [0.15, 0.2) is 28.0 Å². The smallest absolute Gasteiger partial charge is 0.320 e. The number of carboxylic acid groups (broad SMARTS) is 1. The highest BCUT2D eigenvalue weighted by molar-refractivity contribution is 6.00. The van der Waals surface area contributed by atoms with Crippen molar-refractivity contribution in [2.75, 3.05) is 6.61 Å². The molecule has 4 N–H and O–H groups in total. The molecule has 0 aliphatic rings. The zero-order valence-electron chi connectivity index (χ0n) is 14.1. The predicted molar refractivity (Wildman–Crippen MR) is 87.3 cm³/mol. The van der Waals surface area contributed by atoms with Gasteiger partial charge in [-0.05, 0) is 35.7 Å². The molecule has 10 heteroatoms. The van der Waals surface area contributed by atoms with Gasteiger partial charge in [-0.15, -0.1) is 0 Å². The van der Waals surface area contributed by atoms with Crippen LogP contribution in [0, 0.1) is 12.7 Å². The van der Waals surface area contributed by atoms with Crippen molar-refractivity contribution >= 4 is 11.7 Å². The maximum atomic E-state index is 13.4. The molecule has 140 valence electrons. The summed E-state index contributed by atoms with van der Waals surface area (Å²) in [6.07, 6.45) is 0.314. The number of carbonyl (C=O) groups is 1. The van der Waals surface area contributed by atoms with E-state index >= 15 is 0 Å². The number of hydrogen-bond acceptors (Lipinski definition) is 8. The molecule has 1 aromatic carbocycles. The fourth-order valence-electron chi connectivity index (χ4n) is 2.20. The number of halogens is 1. The van der Waals surface area contributed by atoms with Crippen LogP contribution in [-0.2, 0) is 22.6 Å². The largest absolute Gasteiger partial charge is 0.480 e. The second-order valence-electron chi connectivity index (χ2n) is 5.65. The van der Waals surface area contributed by atoms with Gasteiger partial charge < -0.3 is 20.8 Å². The number of nitrogens with two attached hydrogens (primary N) is 1. The lowest BCUT2D eigenvalue weighted by Crippen LogP contribution is -2.31. The lowest BCUT2D eigenvalue weighted by molar-refractivity contribution is -0.139. The Morgan fingerprint density at radius 1 is 1.46 bits per heavy atom. The summed E-state index contributed by atoms with van der Waals surface area (Å²) in [4.78, 5) is 10.6. The average Bonchev–Trinajstić information content (AvgIpc) is 3.07. The Morgan fingerprint density at radius 3 is 2.88 bits per heavy atom. The first-order valence-electron chi connectivity index (χ1n) is 7.76. The number of aliphatic carboxylic acids is 1. The highest BCUT2D eigenvalue weighted by atomic mass is 19.1. The standard InChI is InChI=1S/C16H19FN4O5/c1-9-6-10(2-3-11(9)17)7-13(19-24)15-14(20-26-21-15)8-25-5-4-12(18)16(22)23/h2-3,6,12,24H,4-5,7-8,18H2,1H3,(H,22,23)/b19-13+. The van der Waals surface area contributed by atoms with Gasteiger partial charge in [-0.3, -0.25) is 4.79 Å². The van der Waals surface area contributed by atoms with Gasteiger partial charge in [-0.25, -0.2) is 9.02 Å². The van der Waals surface area contributed by atoms with Gasteiger partial charge in [0.25, 0.3) is 0 Å². The monoisotopic (exact) mass is 366 g/mol. The van der Waals surface area contributed by atoms with E-state index < -0.39 is 12.0 Å². The van der Waals surface area contributed by atoms with Crippen molar-refractivity contribution in [1.29, 1.82) is 0 Å². The van der Waals surface area contributed by atoms with E-state index in [1.165, 1.54) is 6.07 Å². The van der Waals surface area contributed by atoms with Crippen LogP contribution in [0.4, 0.5) is 4.39 Å². The van der Waals surface area contributed by atoms with Crippen LogP contribution in [0.2, 0.25) is 0 Å². The zero-order valence-corrected chi connectivity index (χ0v) is 14.1. The summed E-state index contributed by atoms with van der Waals surface area (Å²) in [6.45, 7) is 1.71. The summed E-state index contributed by atoms with van der Waals surface area (Å²) in [5.41, 5.74) is 7.25. The molecule has 0 saturated heterocycles. The Bertz CT molecular complexity index is 793. The summed E-state index contributed by atoms with van der Waals surface area (Å²) in [5, 5.41) is 28.6. The van der Waals surface area contributed by atoms with Crippen LogP contribution in [0.25, 0.3) is 0 Å². The third-order valence-electron chi connectivity index (χ3n) is 3.67. The number of ether oxygens (including phenoxy) is 1. The molecule has 0 bridgehead atoms. The Hall–Kier alpha value is -2.85. The quantitative estimate of drug-likeness (QED) is 0.260. The van der Waals surface area contributed by atoms with E-state index in [1.807, 2.05) is 0 Å². The Balaban J connectivity index is 2.00. The minimum Gasteiger partial charge on any atom is -0.480 e. The molecule has 0 radical (unpaired) electrons. The van der Waals surface area contributed by atoms with E-state index in [4.69, 9.17) is 15.6 Å². The molecule has 0 aliphatic carbocycles. The van der Waals surface area contributed by atoms with Crippen LogP contribution in [0.3, 0.4) is 0 Å². The highest BCUT2D eigenvalue weighted by Crippen LogP contribution is 2.14. The second kappa shape index (κ2) is 9.02. The molecule has 26 heavy (non-hydrogen) atoms. The SMILES string of the molecule is Cc1cc(C/C(=N\O)c2nonc2COCCC(N)C(=O)O)ccc1F. The average molecular weight is 366 g/mol. The minimum atomic E-state index is -1.11. The predicted octanol–water partition coefficient (Wildman–Crippen LogP) is 1.26. The van der Waals surface area contributed by atoms with Crippen molar-refractivity contribution in [1.82, 2.24) is 10.3 Å². The maximum Gasteiger partial charge on any atom is 0.320 e. The lowest BCUT2D eigenvalue weighted by Gasteiger charge is -2.07. The normalized spacial score (nSPS) is 13.0. The van der Waals surface area contributed by atoms with Crippen LogP contribution < -0.4 is 5.73 Å². The zero-order chi connectivity index (χ0) is 19.1. The molecular weight excluding hydrogens is 347 g/mol. The van der Waals surface area contributed by atoms with Gasteiger partial charge in [-0.2, -0.15) is 0 Å². The number of nitrogens with zero attached hydrogens (tertiary/aromatic N) is 3. The first-order chi connectivity index (χ1) is 12.4. The van der Waals surface area contributed by atoms with Crippen LogP contribution in [0.5, 0.6) is 0 Å². The molecule has 0 aliphatic heterocycles. The van der Waals surface area contributed by atoms with Crippen molar-refractivity contribution in [3.8, 4) is 0 Å². The molecule has 1 atom stereocenters. The Labute approximate surface area is 148 Å². The van der Waals surface area contributed by atoms with Crippen molar-refractivity contribution in [2.45, 2.75) is 32.4 Å². The van der Waals surface area contributed by atoms with Gasteiger partial charge in [0.1, 0.15) is 23.3 Å². The van der Waals surface area contributed by atoms with Crippen LogP contribution in [-0.4, -0.2) is 45.0 Å². The first-order valence-corrected chi connectivity index (χ1v) is 7.76. The first kappa shape index (κ1) is 19.5. The Kier molecular flexibility index (Phi) is 6.75. The molecule has 0 fully saturated rings. The molecule has 2 rings (SSSR count). The number of hydrogen-bond donors (Lipinski definition) is 3. The van der Waals surface area contributed by atoms with Crippen molar-refractivity contribution in [2.24, 2.45) is 10.9 Å². The van der Waals surface area contributed by atoms with Crippen molar-refractivity contribution < 1.29 is 28.9 Å². The van der Waals surface area contributed by atoms with Crippen molar-refractivity contribution in [3.63, 3.8) is 0 Å². The molecule has 1 heterocycles. The number of aryl methyl sites for hydroxylation is 1. The number of oxime groups is 1. The van der Waals surface area contributed by atoms with E-state index in [-0.39, 0.29) is 43.3 Å². The van der Waals surface area contributed by atoms with E-state index in [0.717, 1.165) is 5.56 Å². The molecule has 1 aromatic heterocycles. The molecule has 2 aromatic rings. The summed E-state index contributed by atoms with van der Waals surface area (Å²) in [6, 6.07) is 3.53. The van der Waals surface area contributed by atoms with E-state index in [9.17, 15) is 14.4 Å². The third kappa shape index (κ3) is 5.07. The molecule has 0 saturated carbocycles.